The van der Waals surface area contributed by atoms with E-state index in [2.05, 4.69) is 0 Å². The van der Waals surface area contributed by atoms with E-state index in [-0.39, 0.29) is 23.9 Å². The first-order chi connectivity index (χ1) is 7.70. The van der Waals surface area contributed by atoms with E-state index in [1.165, 1.54) is 18.2 Å². The van der Waals surface area contributed by atoms with Gasteiger partial charge >= 0.3 is 0 Å². The Bertz CT molecular complexity index is 349. The SMILES string of the molecule is Cl.N[C@H](c1c(F)cccc1F)C1CCOCC1. The summed E-state index contributed by atoms with van der Waals surface area (Å²) in [5.74, 6) is -1.02. The highest BCUT2D eigenvalue weighted by molar-refractivity contribution is 5.85. The molecule has 1 aliphatic heterocycles. The van der Waals surface area contributed by atoms with E-state index in [1.807, 2.05) is 0 Å². The maximum absolute atomic E-state index is 13.5. The summed E-state index contributed by atoms with van der Waals surface area (Å²) in [6.07, 6.45) is 1.52. The Hall–Kier alpha value is -0.710. The van der Waals surface area contributed by atoms with E-state index in [0.717, 1.165) is 12.8 Å². The maximum atomic E-state index is 13.5. The Morgan fingerprint density at radius 1 is 1.18 bits per heavy atom. The molecule has 0 saturated carbocycles. The van der Waals surface area contributed by atoms with Gasteiger partial charge in [0.05, 0.1) is 0 Å². The lowest BCUT2D eigenvalue weighted by molar-refractivity contribution is 0.0576. The van der Waals surface area contributed by atoms with Crippen molar-refractivity contribution in [2.24, 2.45) is 11.7 Å². The van der Waals surface area contributed by atoms with Crippen LogP contribution in [0.15, 0.2) is 18.2 Å². The van der Waals surface area contributed by atoms with E-state index < -0.39 is 17.7 Å². The Morgan fingerprint density at radius 3 is 2.24 bits per heavy atom. The summed E-state index contributed by atoms with van der Waals surface area (Å²) in [7, 11) is 0. The number of hydrogen-bond acceptors (Lipinski definition) is 2. The topological polar surface area (TPSA) is 35.2 Å². The number of rotatable bonds is 2. The average Bonchev–Trinajstić information content (AvgIpc) is 2.30. The molecule has 1 aromatic carbocycles. The molecule has 2 N–H and O–H groups in total. The highest BCUT2D eigenvalue weighted by Gasteiger charge is 2.26. The molecule has 1 atom stereocenters. The number of hydrogen-bond donors (Lipinski definition) is 1. The molecule has 0 unspecified atom stereocenters. The molecule has 1 aromatic rings. The number of nitrogens with two attached hydrogens (primary N) is 1. The van der Waals surface area contributed by atoms with Crippen LogP contribution in [0.3, 0.4) is 0 Å². The van der Waals surface area contributed by atoms with E-state index in [1.54, 1.807) is 0 Å². The molecule has 0 amide bonds. The fourth-order valence-corrected chi connectivity index (χ4v) is 2.14. The van der Waals surface area contributed by atoms with Gasteiger partial charge in [0.25, 0.3) is 0 Å². The molecule has 96 valence electrons. The van der Waals surface area contributed by atoms with Crippen LogP contribution in [0.1, 0.15) is 24.4 Å². The summed E-state index contributed by atoms with van der Waals surface area (Å²) in [4.78, 5) is 0. The van der Waals surface area contributed by atoms with Crippen LogP contribution in [0.4, 0.5) is 8.78 Å². The van der Waals surface area contributed by atoms with Crippen molar-refractivity contribution >= 4 is 12.4 Å². The van der Waals surface area contributed by atoms with E-state index in [4.69, 9.17) is 10.5 Å². The third-order valence-electron chi connectivity index (χ3n) is 3.11. The molecule has 1 fully saturated rings. The Balaban J connectivity index is 0.00000144. The Labute approximate surface area is 106 Å². The van der Waals surface area contributed by atoms with Gasteiger partial charge in [0.1, 0.15) is 11.6 Å². The lowest BCUT2D eigenvalue weighted by Crippen LogP contribution is -2.28. The minimum Gasteiger partial charge on any atom is -0.381 e. The van der Waals surface area contributed by atoms with Crippen LogP contribution in [0.2, 0.25) is 0 Å². The largest absolute Gasteiger partial charge is 0.381 e. The normalized spacial score (nSPS) is 18.5. The van der Waals surface area contributed by atoms with Gasteiger partial charge in [-0.3, -0.25) is 0 Å². The summed E-state index contributed by atoms with van der Waals surface area (Å²) < 4.78 is 32.2. The predicted molar refractivity (Wildman–Crippen MR) is 64.1 cm³/mol. The van der Waals surface area contributed by atoms with Gasteiger partial charge in [-0.25, -0.2) is 8.78 Å². The highest BCUT2D eigenvalue weighted by Crippen LogP contribution is 2.30. The second-order valence-electron chi connectivity index (χ2n) is 4.11. The molecule has 0 radical (unpaired) electrons. The van der Waals surface area contributed by atoms with Gasteiger partial charge in [-0.1, -0.05) is 6.07 Å². The number of ether oxygens (including phenoxy) is 1. The van der Waals surface area contributed by atoms with Crippen LogP contribution in [-0.4, -0.2) is 13.2 Å². The monoisotopic (exact) mass is 263 g/mol. The molecule has 1 saturated heterocycles. The van der Waals surface area contributed by atoms with Crippen LogP contribution >= 0.6 is 12.4 Å². The first-order valence-corrected chi connectivity index (χ1v) is 5.47. The minimum absolute atomic E-state index is 0. The Morgan fingerprint density at radius 2 is 1.71 bits per heavy atom. The molecule has 5 heteroatoms. The van der Waals surface area contributed by atoms with Crippen molar-refractivity contribution in [3.8, 4) is 0 Å². The number of benzene rings is 1. The highest BCUT2D eigenvalue weighted by atomic mass is 35.5. The quantitative estimate of drug-likeness (QED) is 0.891. The van der Waals surface area contributed by atoms with Gasteiger partial charge in [-0.05, 0) is 30.9 Å². The fourth-order valence-electron chi connectivity index (χ4n) is 2.14. The summed E-state index contributed by atoms with van der Waals surface area (Å²) in [6.45, 7) is 1.24. The van der Waals surface area contributed by atoms with E-state index in [0.29, 0.717) is 13.2 Å². The van der Waals surface area contributed by atoms with Crippen LogP contribution in [0.5, 0.6) is 0 Å². The van der Waals surface area contributed by atoms with Crippen molar-refractivity contribution in [1.29, 1.82) is 0 Å². The first-order valence-electron chi connectivity index (χ1n) is 5.47. The summed E-state index contributed by atoms with van der Waals surface area (Å²) in [5, 5.41) is 0. The van der Waals surface area contributed by atoms with Gasteiger partial charge in [0.15, 0.2) is 0 Å². The zero-order chi connectivity index (χ0) is 11.5. The molecular formula is C12H16ClF2NO. The zero-order valence-electron chi connectivity index (χ0n) is 9.36. The van der Waals surface area contributed by atoms with Gasteiger partial charge < -0.3 is 10.5 Å². The molecule has 1 aliphatic rings. The maximum Gasteiger partial charge on any atom is 0.130 e. The lowest BCUT2D eigenvalue weighted by Gasteiger charge is -2.28. The molecule has 1 heterocycles. The van der Waals surface area contributed by atoms with Crippen LogP contribution in [0.25, 0.3) is 0 Å². The predicted octanol–water partition coefficient (Wildman–Crippen LogP) is 2.81. The molecule has 0 aliphatic carbocycles. The van der Waals surface area contributed by atoms with Crippen molar-refractivity contribution in [3.63, 3.8) is 0 Å². The average molecular weight is 264 g/mol. The van der Waals surface area contributed by atoms with E-state index in [9.17, 15) is 8.78 Å². The van der Waals surface area contributed by atoms with Crippen molar-refractivity contribution in [2.45, 2.75) is 18.9 Å². The fraction of sp³-hybridized carbons (Fsp3) is 0.500. The molecule has 2 nitrogen and oxygen atoms in total. The van der Waals surface area contributed by atoms with Crippen molar-refractivity contribution < 1.29 is 13.5 Å². The van der Waals surface area contributed by atoms with Crippen LogP contribution in [-0.2, 0) is 4.74 Å². The van der Waals surface area contributed by atoms with Gasteiger partial charge in [-0.2, -0.15) is 0 Å². The molecule has 0 spiro atoms. The zero-order valence-corrected chi connectivity index (χ0v) is 10.2. The number of halogens is 3. The third kappa shape index (κ3) is 3.15. The van der Waals surface area contributed by atoms with Crippen molar-refractivity contribution in [1.82, 2.24) is 0 Å². The molecule has 2 rings (SSSR count). The van der Waals surface area contributed by atoms with Gasteiger partial charge in [0.2, 0.25) is 0 Å². The second kappa shape index (κ2) is 6.28. The molecule has 0 aromatic heterocycles. The summed E-state index contributed by atoms with van der Waals surface area (Å²) >= 11 is 0. The lowest BCUT2D eigenvalue weighted by atomic mass is 9.87. The molecular weight excluding hydrogens is 248 g/mol. The molecule has 17 heavy (non-hydrogen) atoms. The van der Waals surface area contributed by atoms with Crippen LogP contribution < -0.4 is 5.73 Å². The van der Waals surface area contributed by atoms with E-state index >= 15 is 0 Å². The minimum atomic E-state index is -0.579. The third-order valence-corrected chi connectivity index (χ3v) is 3.11. The first kappa shape index (κ1) is 14.4. The standard InChI is InChI=1S/C12H15F2NO.ClH/c13-9-2-1-3-10(14)11(9)12(15)8-4-6-16-7-5-8;/h1-3,8,12H,4-7,15H2;1H/t12-;/m0./s1. The Kier molecular flexibility index (Phi) is 5.31. The smallest absolute Gasteiger partial charge is 0.130 e. The van der Waals surface area contributed by atoms with Crippen molar-refractivity contribution in [3.05, 3.63) is 35.4 Å². The van der Waals surface area contributed by atoms with Gasteiger partial charge in [-0.15, -0.1) is 12.4 Å². The van der Waals surface area contributed by atoms with Crippen LogP contribution in [0, 0.1) is 17.6 Å². The van der Waals surface area contributed by atoms with Crippen molar-refractivity contribution in [2.75, 3.05) is 13.2 Å². The summed E-state index contributed by atoms with van der Waals surface area (Å²) in [6, 6.07) is 3.27. The van der Waals surface area contributed by atoms with Gasteiger partial charge in [0, 0.05) is 24.8 Å². The summed E-state index contributed by atoms with van der Waals surface area (Å²) in [5.41, 5.74) is 5.94. The second-order valence-corrected chi connectivity index (χ2v) is 4.11. The molecule has 0 bridgehead atoms.